The normalized spacial score (nSPS) is 26.7. The summed E-state index contributed by atoms with van der Waals surface area (Å²) in [7, 11) is 0.947. The first-order valence-corrected chi connectivity index (χ1v) is 9.86. The van der Waals surface area contributed by atoms with Crippen LogP contribution in [0, 0.1) is 5.92 Å². The van der Waals surface area contributed by atoms with Gasteiger partial charge in [0.2, 0.25) is 23.1 Å². The summed E-state index contributed by atoms with van der Waals surface area (Å²) >= 11 is 0. The molecule has 0 bridgehead atoms. The number of phenolic OH excluding ortho intramolecular Hbond substituents is 2. The van der Waals surface area contributed by atoms with E-state index in [0.717, 1.165) is 7.11 Å². The van der Waals surface area contributed by atoms with Crippen LogP contribution in [0.5, 0.6) is 23.0 Å². The van der Waals surface area contributed by atoms with Gasteiger partial charge in [-0.05, 0) is 18.8 Å². The Kier molecular flexibility index (Phi) is 5.86. The monoisotopic (exact) mass is 477 g/mol. The number of aliphatic hydroxyl groups is 8. The summed E-state index contributed by atoms with van der Waals surface area (Å²) in [6, 6.07) is -2.13. The Hall–Kier alpha value is -2.27. The molecule has 0 aromatic heterocycles. The molecular weight excluding hydrogens is 450 g/mol. The van der Waals surface area contributed by atoms with Crippen molar-refractivity contribution < 1.29 is 65.3 Å². The quantitative estimate of drug-likeness (QED) is 0.147. The number of ketones is 1. The third-order valence-corrected chi connectivity index (χ3v) is 5.88. The van der Waals surface area contributed by atoms with E-state index in [1.165, 1.54) is 0 Å². The number of hydrogen-bond donors (Lipinski definition) is 10. The smallest absolute Gasteiger partial charge is 0.453 e. The van der Waals surface area contributed by atoms with Gasteiger partial charge < -0.3 is 60.5 Å². The number of benzene rings is 1. The van der Waals surface area contributed by atoms with Crippen LogP contribution in [0.3, 0.4) is 0 Å². The molecule has 10 N–H and O–H groups in total. The highest BCUT2D eigenvalue weighted by Crippen LogP contribution is 2.58. The second-order valence-electron chi connectivity index (χ2n) is 8.62. The molecule has 33 heavy (non-hydrogen) atoms. The van der Waals surface area contributed by atoms with Crippen molar-refractivity contribution in [3.8, 4) is 23.0 Å². The number of carbonyl (C=O) groups is 1. The van der Waals surface area contributed by atoms with E-state index in [1.54, 1.807) is 13.8 Å². The summed E-state index contributed by atoms with van der Waals surface area (Å²) in [5.41, 5.74) is -3.95. The molecule has 0 spiro atoms. The van der Waals surface area contributed by atoms with E-state index in [1.807, 2.05) is 0 Å². The number of Topliss-reactive ketones (excluding diaryl/α,β-unsaturated/α-hetero) is 1. The number of rotatable bonds is 5. The van der Waals surface area contributed by atoms with Crippen LogP contribution in [-0.2, 0) is 11.2 Å². The molecule has 2 atom stereocenters. The first-order chi connectivity index (χ1) is 14.9. The molecule has 0 saturated carbocycles. The number of phenols is 2. The lowest BCUT2D eigenvalue weighted by Gasteiger charge is -2.57. The summed E-state index contributed by atoms with van der Waals surface area (Å²) in [5.74, 6) is -12.8. The molecule has 14 heteroatoms. The van der Waals surface area contributed by atoms with Crippen LogP contribution in [0.1, 0.15) is 37.4 Å². The van der Waals surface area contributed by atoms with Gasteiger partial charge in [-0.1, -0.05) is 13.8 Å². The number of ether oxygens (including phenoxy) is 2. The lowest BCUT2D eigenvalue weighted by Crippen LogP contribution is -2.80. The van der Waals surface area contributed by atoms with E-state index < -0.39 is 82.7 Å². The Morgan fingerprint density at radius 2 is 1.64 bits per heavy atom. The average Bonchev–Trinajstić information content (AvgIpc) is 2.67. The third kappa shape index (κ3) is 3.60. The van der Waals surface area contributed by atoms with E-state index >= 15 is 0 Å². The van der Waals surface area contributed by atoms with Gasteiger partial charge in [-0.25, -0.2) is 4.90 Å². The Bertz CT molecular complexity index is 968. The standard InChI is InChI=1S/C19H27NO13/c1-7(2)6-16(24)15(23)17(25,26)14-9-8(4-5-20(14)18(16,27)28)10(21)13(33-19(29,30)31)12(32-3)11(9)22/h7,14,21-22,24-31H,4-6H2,1-3H3. The molecule has 2 aliphatic heterocycles. The largest absolute Gasteiger partial charge is 0.504 e. The highest BCUT2D eigenvalue weighted by atomic mass is 16.9. The fraction of sp³-hybridized carbons (Fsp3) is 0.632. The summed E-state index contributed by atoms with van der Waals surface area (Å²) in [4.78, 5) is 13.6. The van der Waals surface area contributed by atoms with Crippen LogP contribution >= 0.6 is 0 Å². The number of carbonyl (C=O) groups excluding carboxylic acids is 1. The zero-order valence-electron chi connectivity index (χ0n) is 17.9. The van der Waals surface area contributed by atoms with Gasteiger partial charge >= 0.3 is 6.16 Å². The lowest BCUT2D eigenvalue weighted by molar-refractivity contribution is -0.420. The first kappa shape index (κ1) is 25.4. The molecule has 2 unspecified atom stereocenters. The molecule has 3 rings (SSSR count). The predicted octanol–water partition coefficient (Wildman–Crippen LogP) is -3.35. The maximum Gasteiger partial charge on any atom is 0.453 e. The molecular formula is C19H27NO13. The van der Waals surface area contributed by atoms with Crippen LogP contribution < -0.4 is 9.47 Å². The minimum atomic E-state index is -3.80. The lowest BCUT2D eigenvalue weighted by atomic mass is 9.70. The van der Waals surface area contributed by atoms with Crippen molar-refractivity contribution in [1.29, 1.82) is 0 Å². The highest BCUT2D eigenvalue weighted by Gasteiger charge is 2.72. The molecule has 0 aliphatic carbocycles. The van der Waals surface area contributed by atoms with Crippen molar-refractivity contribution in [3.63, 3.8) is 0 Å². The van der Waals surface area contributed by atoms with Crippen molar-refractivity contribution in [3.05, 3.63) is 11.1 Å². The second-order valence-corrected chi connectivity index (χ2v) is 8.62. The fourth-order valence-electron chi connectivity index (χ4n) is 4.62. The van der Waals surface area contributed by atoms with Crippen LogP contribution in [0.25, 0.3) is 0 Å². The van der Waals surface area contributed by atoms with E-state index in [0.29, 0.717) is 4.90 Å². The molecule has 1 saturated heterocycles. The number of nitrogens with zero attached hydrogens (tertiary/aromatic N) is 1. The molecule has 1 aromatic rings. The molecule has 2 heterocycles. The Morgan fingerprint density at radius 1 is 1.06 bits per heavy atom. The minimum absolute atomic E-state index is 0.320. The van der Waals surface area contributed by atoms with Gasteiger partial charge in [0, 0.05) is 17.7 Å². The van der Waals surface area contributed by atoms with Crippen molar-refractivity contribution in [2.75, 3.05) is 13.7 Å². The van der Waals surface area contributed by atoms with Gasteiger partial charge in [0.25, 0.3) is 5.91 Å². The van der Waals surface area contributed by atoms with Crippen LogP contribution in [0.2, 0.25) is 0 Å². The van der Waals surface area contributed by atoms with E-state index in [4.69, 9.17) is 20.1 Å². The third-order valence-electron chi connectivity index (χ3n) is 5.88. The maximum absolute atomic E-state index is 13.0. The molecule has 0 amide bonds. The topological polar surface area (TPSA) is 241 Å². The summed E-state index contributed by atoms with van der Waals surface area (Å²) in [6.45, 7) is 2.60. The van der Waals surface area contributed by atoms with Gasteiger partial charge in [-0.3, -0.25) is 4.79 Å². The highest BCUT2D eigenvalue weighted by molar-refractivity contribution is 5.96. The Morgan fingerprint density at radius 3 is 2.12 bits per heavy atom. The van der Waals surface area contributed by atoms with Gasteiger partial charge in [0.15, 0.2) is 17.1 Å². The molecule has 1 fully saturated rings. The van der Waals surface area contributed by atoms with E-state index in [-0.39, 0.29) is 12.0 Å². The van der Waals surface area contributed by atoms with Gasteiger partial charge in [-0.15, -0.1) is 0 Å². The molecule has 1 aromatic carbocycles. The first-order valence-electron chi connectivity index (χ1n) is 9.86. The summed E-state index contributed by atoms with van der Waals surface area (Å²) < 4.78 is 9.30. The number of methoxy groups -OCH3 is 1. The Labute approximate surface area is 186 Å². The molecule has 186 valence electrons. The maximum atomic E-state index is 13.0. The van der Waals surface area contributed by atoms with Crippen LogP contribution in [0.4, 0.5) is 0 Å². The molecule has 2 aliphatic rings. The van der Waals surface area contributed by atoms with Crippen molar-refractivity contribution in [1.82, 2.24) is 4.90 Å². The number of aromatic hydroxyl groups is 2. The number of piperidine rings is 1. The molecule has 0 radical (unpaired) electrons. The SMILES string of the molecule is COc1c(O)c2c(c(O)c1OC(O)(O)O)CCN1C2C(O)(O)C(=O)C(O)(CC(C)C)C1(O)O. The second kappa shape index (κ2) is 7.63. The average molecular weight is 477 g/mol. The number of hydrogen-bond acceptors (Lipinski definition) is 14. The van der Waals surface area contributed by atoms with Gasteiger partial charge in [-0.2, -0.15) is 0 Å². The van der Waals surface area contributed by atoms with Crippen LogP contribution in [-0.4, -0.2) is 98.9 Å². The zero-order chi connectivity index (χ0) is 25.3. The number of fused-ring (bicyclic) bond motifs is 3. The summed E-state index contributed by atoms with van der Waals surface area (Å²) in [6.07, 6.45) is -4.72. The Balaban J connectivity index is 2.29. The van der Waals surface area contributed by atoms with Crippen LogP contribution in [0.15, 0.2) is 0 Å². The van der Waals surface area contributed by atoms with E-state index in [9.17, 15) is 40.5 Å². The minimum Gasteiger partial charge on any atom is -0.504 e. The molecule has 14 nitrogen and oxygen atoms in total. The van der Waals surface area contributed by atoms with Gasteiger partial charge in [0.05, 0.1) is 7.11 Å². The van der Waals surface area contributed by atoms with Crippen molar-refractivity contribution in [2.24, 2.45) is 5.92 Å². The van der Waals surface area contributed by atoms with Gasteiger partial charge in [0.1, 0.15) is 6.04 Å². The van der Waals surface area contributed by atoms with E-state index in [2.05, 4.69) is 4.74 Å². The fourth-order valence-corrected chi connectivity index (χ4v) is 4.62. The zero-order valence-corrected chi connectivity index (χ0v) is 17.9. The van der Waals surface area contributed by atoms with Crippen molar-refractivity contribution >= 4 is 5.78 Å². The summed E-state index contributed by atoms with van der Waals surface area (Å²) in [5, 5.41) is 103. The van der Waals surface area contributed by atoms with Crippen molar-refractivity contribution in [2.45, 2.75) is 56.2 Å². The predicted molar refractivity (Wildman–Crippen MR) is 103 cm³/mol.